The first kappa shape index (κ1) is 27.3. The molecular formula is C31H35N3O6. The van der Waals surface area contributed by atoms with Gasteiger partial charge in [-0.15, -0.1) is 0 Å². The number of methoxy groups -OCH3 is 1. The van der Waals surface area contributed by atoms with Crippen LogP contribution in [-0.2, 0) is 11.2 Å². The number of aromatic nitrogens is 2. The summed E-state index contributed by atoms with van der Waals surface area (Å²) in [4.78, 5) is 34.1. The van der Waals surface area contributed by atoms with E-state index >= 15 is 0 Å². The van der Waals surface area contributed by atoms with E-state index in [9.17, 15) is 19.8 Å². The second-order valence-electron chi connectivity index (χ2n) is 10.8. The van der Waals surface area contributed by atoms with Crippen LogP contribution in [0.2, 0.25) is 0 Å². The van der Waals surface area contributed by atoms with E-state index in [0.29, 0.717) is 17.9 Å². The molecule has 9 nitrogen and oxygen atoms in total. The third kappa shape index (κ3) is 5.83. The number of ether oxygens (including phenoxy) is 1. The van der Waals surface area contributed by atoms with Gasteiger partial charge in [0.05, 0.1) is 24.1 Å². The van der Waals surface area contributed by atoms with Crippen molar-refractivity contribution in [2.75, 3.05) is 13.7 Å². The first-order valence-corrected chi connectivity index (χ1v) is 13.7. The molecule has 5 rings (SSSR count). The van der Waals surface area contributed by atoms with E-state index in [4.69, 9.17) is 14.1 Å². The average molecular weight is 546 g/mol. The SMILES string of the molecule is COc1cc([C@H](CC(=O)NCC2(Cc3nc4ccccc4[nH]3)CCCCC2)c2oc(C)cc(=O)c2O)ccc1O. The first-order valence-electron chi connectivity index (χ1n) is 13.7. The monoisotopic (exact) mass is 545 g/mol. The van der Waals surface area contributed by atoms with Gasteiger partial charge >= 0.3 is 0 Å². The number of phenols is 1. The lowest BCUT2D eigenvalue weighted by Gasteiger charge is -2.37. The molecule has 1 amide bonds. The summed E-state index contributed by atoms with van der Waals surface area (Å²) in [5.74, 6) is -0.168. The fourth-order valence-electron chi connectivity index (χ4n) is 5.84. The number of amides is 1. The molecule has 1 saturated carbocycles. The van der Waals surface area contributed by atoms with Crippen molar-refractivity contribution in [2.45, 2.75) is 57.8 Å². The second-order valence-corrected chi connectivity index (χ2v) is 10.8. The Labute approximate surface area is 232 Å². The van der Waals surface area contributed by atoms with Crippen LogP contribution in [-0.4, -0.2) is 39.7 Å². The number of rotatable bonds is 9. The van der Waals surface area contributed by atoms with Gasteiger partial charge in [-0.3, -0.25) is 9.59 Å². The maximum absolute atomic E-state index is 13.5. The highest BCUT2D eigenvalue weighted by atomic mass is 16.5. The summed E-state index contributed by atoms with van der Waals surface area (Å²) >= 11 is 0. The minimum atomic E-state index is -0.778. The number of carbonyl (C=O) groups excluding carboxylic acids is 1. The van der Waals surface area contributed by atoms with Crippen LogP contribution in [0.4, 0.5) is 0 Å². The number of carbonyl (C=O) groups is 1. The lowest BCUT2D eigenvalue weighted by Crippen LogP contribution is -2.41. The molecule has 40 heavy (non-hydrogen) atoms. The molecule has 0 spiro atoms. The van der Waals surface area contributed by atoms with Crippen molar-refractivity contribution in [2.24, 2.45) is 5.41 Å². The highest BCUT2D eigenvalue weighted by Crippen LogP contribution is 2.40. The molecule has 1 aliphatic carbocycles. The van der Waals surface area contributed by atoms with Gasteiger partial charge in [-0.2, -0.15) is 0 Å². The summed E-state index contributed by atoms with van der Waals surface area (Å²) in [5, 5.41) is 23.9. The average Bonchev–Trinajstić information content (AvgIpc) is 3.35. The van der Waals surface area contributed by atoms with E-state index in [1.54, 1.807) is 19.1 Å². The number of nitrogens with one attached hydrogen (secondary N) is 2. The highest BCUT2D eigenvalue weighted by molar-refractivity contribution is 5.78. The van der Waals surface area contributed by atoms with E-state index in [-0.39, 0.29) is 35.0 Å². The van der Waals surface area contributed by atoms with Crippen LogP contribution in [0.3, 0.4) is 0 Å². The summed E-state index contributed by atoms with van der Waals surface area (Å²) in [6.07, 6.45) is 5.98. The zero-order valence-electron chi connectivity index (χ0n) is 22.8. The number of hydrogen-bond acceptors (Lipinski definition) is 7. The predicted molar refractivity (Wildman–Crippen MR) is 151 cm³/mol. The van der Waals surface area contributed by atoms with Gasteiger partial charge in [0.2, 0.25) is 17.1 Å². The van der Waals surface area contributed by atoms with Gasteiger partial charge in [0.1, 0.15) is 11.6 Å². The Balaban J connectivity index is 1.39. The van der Waals surface area contributed by atoms with Gasteiger partial charge in [-0.1, -0.05) is 37.5 Å². The molecule has 2 heterocycles. The predicted octanol–water partition coefficient (Wildman–Crippen LogP) is 5.08. The Kier molecular flexibility index (Phi) is 7.82. The van der Waals surface area contributed by atoms with Crippen molar-refractivity contribution in [3.05, 3.63) is 81.7 Å². The molecular weight excluding hydrogens is 510 g/mol. The van der Waals surface area contributed by atoms with E-state index in [1.807, 2.05) is 24.3 Å². The molecule has 4 N–H and O–H groups in total. The zero-order chi connectivity index (χ0) is 28.3. The zero-order valence-corrected chi connectivity index (χ0v) is 22.8. The largest absolute Gasteiger partial charge is 0.504 e. The molecule has 4 aromatic rings. The van der Waals surface area contributed by atoms with Gasteiger partial charge in [-0.25, -0.2) is 4.98 Å². The van der Waals surface area contributed by atoms with Crippen molar-refractivity contribution in [1.82, 2.24) is 15.3 Å². The molecule has 2 aromatic heterocycles. The lowest BCUT2D eigenvalue weighted by molar-refractivity contribution is -0.122. The minimum absolute atomic E-state index is 0.00236. The Hall–Kier alpha value is -4.27. The van der Waals surface area contributed by atoms with Crippen LogP contribution in [0.5, 0.6) is 17.2 Å². The number of aromatic amines is 1. The van der Waals surface area contributed by atoms with Crippen molar-refractivity contribution in [1.29, 1.82) is 0 Å². The first-order chi connectivity index (χ1) is 19.3. The van der Waals surface area contributed by atoms with Crippen molar-refractivity contribution in [3.63, 3.8) is 0 Å². The molecule has 0 radical (unpaired) electrons. The molecule has 0 unspecified atom stereocenters. The van der Waals surface area contributed by atoms with Crippen molar-refractivity contribution < 1.29 is 24.2 Å². The van der Waals surface area contributed by atoms with E-state index < -0.39 is 17.1 Å². The molecule has 0 bridgehead atoms. The molecule has 210 valence electrons. The van der Waals surface area contributed by atoms with Crippen LogP contribution in [0, 0.1) is 12.3 Å². The highest BCUT2D eigenvalue weighted by Gasteiger charge is 2.34. The molecule has 0 saturated heterocycles. The number of imidazole rings is 1. The topological polar surface area (TPSA) is 138 Å². The number of hydrogen-bond donors (Lipinski definition) is 4. The van der Waals surface area contributed by atoms with Crippen LogP contribution >= 0.6 is 0 Å². The number of aryl methyl sites for hydroxylation is 1. The number of fused-ring (bicyclic) bond motifs is 1. The van der Waals surface area contributed by atoms with Crippen LogP contribution in [0.15, 0.2) is 57.7 Å². The smallest absolute Gasteiger partial charge is 0.227 e. The Morgan fingerprint density at radius 1 is 1.15 bits per heavy atom. The number of para-hydroxylation sites is 2. The van der Waals surface area contributed by atoms with Crippen LogP contribution < -0.4 is 15.5 Å². The summed E-state index contributed by atoms with van der Waals surface area (Å²) < 4.78 is 11.0. The van der Waals surface area contributed by atoms with Crippen LogP contribution in [0.1, 0.15) is 67.4 Å². The molecule has 2 aromatic carbocycles. The molecule has 1 atom stereocenters. The Morgan fingerprint density at radius 3 is 2.67 bits per heavy atom. The van der Waals surface area contributed by atoms with Crippen molar-refractivity contribution >= 4 is 16.9 Å². The summed E-state index contributed by atoms with van der Waals surface area (Å²) in [5.41, 5.74) is 1.78. The minimum Gasteiger partial charge on any atom is -0.504 e. The molecule has 0 aliphatic heterocycles. The summed E-state index contributed by atoms with van der Waals surface area (Å²) in [6, 6.07) is 13.8. The maximum Gasteiger partial charge on any atom is 0.227 e. The van der Waals surface area contributed by atoms with E-state index in [0.717, 1.165) is 49.0 Å². The number of H-pyrrole nitrogens is 1. The van der Waals surface area contributed by atoms with Gasteiger partial charge in [0, 0.05) is 25.5 Å². The third-order valence-electron chi connectivity index (χ3n) is 7.94. The fourth-order valence-corrected chi connectivity index (χ4v) is 5.84. The van der Waals surface area contributed by atoms with Gasteiger partial charge in [0.15, 0.2) is 17.3 Å². The van der Waals surface area contributed by atoms with Gasteiger partial charge < -0.3 is 29.7 Å². The quantitative estimate of drug-likeness (QED) is 0.230. The second kappa shape index (κ2) is 11.5. The van der Waals surface area contributed by atoms with Crippen molar-refractivity contribution in [3.8, 4) is 17.2 Å². The summed E-state index contributed by atoms with van der Waals surface area (Å²) in [7, 11) is 1.43. The van der Waals surface area contributed by atoms with Gasteiger partial charge in [0.25, 0.3) is 0 Å². The molecule has 9 heteroatoms. The Morgan fingerprint density at radius 2 is 1.93 bits per heavy atom. The third-order valence-corrected chi connectivity index (χ3v) is 7.94. The maximum atomic E-state index is 13.5. The van der Waals surface area contributed by atoms with Gasteiger partial charge in [-0.05, 0) is 55.0 Å². The normalized spacial score (nSPS) is 15.6. The standard InChI is InChI=1S/C31H35N3O6/c1-19-14-25(36)29(38)30(40-19)21(20-10-11-24(35)26(15-20)39-2)16-28(37)32-18-31(12-6-3-7-13-31)17-27-33-22-8-4-5-9-23(22)34-27/h4-5,8-11,14-15,21,35,38H,3,6-7,12-13,16-18H2,1-2H3,(H,32,37)(H,33,34)/t21-/m0/s1. The summed E-state index contributed by atoms with van der Waals surface area (Å²) in [6.45, 7) is 2.10. The number of benzene rings is 2. The van der Waals surface area contributed by atoms with E-state index in [1.165, 1.54) is 25.7 Å². The lowest BCUT2D eigenvalue weighted by atomic mass is 9.71. The fraction of sp³-hybridized carbons (Fsp3) is 0.387. The molecule has 1 aliphatic rings. The number of phenolic OH excluding ortho intramolecular Hbond substituents is 1. The van der Waals surface area contributed by atoms with E-state index in [2.05, 4.69) is 10.3 Å². The molecule has 1 fully saturated rings. The number of aromatic hydroxyl groups is 2. The van der Waals surface area contributed by atoms with Crippen LogP contribution in [0.25, 0.3) is 11.0 Å². The Bertz CT molecular complexity index is 1530. The number of nitrogens with zero attached hydrogens (tertiary/aromatic N) is 1.